The van der Waals surface area contributed by atoms with E-state index in [-0.39, 0.29) is 17.7 Å². The SMILES string of the molecule is Cn1c(=O)c2ccccc2n2c(CNc3cccc(C(C)(F)F)c3)nnc12. The van der Waals surface area contributed by atoms with Gasteiger partial charge >= 0.3 is 0 Å². The van der Waals surface area contributed by atoms with E-state index in [4.69, 9.17) is 0 Å². The summed E-state index contributed by atoms with van der Waals surface area (Å²) in [4.78, 5) is 12.5. The highest BCUT2D eigenvalue weighted by Crippen LogP contribution is 2.28. The van der Waals surface area contributed by atoms with Crippen molar-refractivity contribution in [3.63, 3.8) is 0 Å². The van der Waals surface area contributed by atoms with Crippen LogP contribution in [0.2, 0.25) is 0 Å². The van der Waals surface area contributed by atoms with Crippen LogP contribution in [0.5, 0.6) is 0 Å². The molecular weight excluding hydrogens is 352 g/mol. The van der Waals surface area contributed by atoms with Crippen LogP contribution in [0.1, 0.15) is 18.3 Å². The minimum absolute atomic E-state index is 0.0635. The molecule has 6 nitrogen and oxygen atoms in total. The minimum Gasteiger partial charge on any atom is -0.378 e. The molecule has 2 aromatic heterocycles. The fourth-order valence-electron chi connectivity index (χ4n) is 3.09. The Balaban J connectivity index is 1.75. The summed E-state index contributed by atoms with van der Waals surface area (Å²) in [5.74, 6) is -1.91. The van der Waals surface area contributed by atoms with E-state index < -0.39 is 5.92 Å². The van der Waals surface area contributed by atoms with E-state index in [2.05, 4.69) is 15.5 Å². The van der Waals surface area contributed by atoms with Crippen molar-refractivity contribution in [2.75, 3.05) is 5.32 Å². The zero-order chi connectivity index (χ0) is 19.2. The van der Waals surface area contributed by atoms with Crippen LogP contribution in [0.15, 0.2) is 53.3 Å². The van der Waals surface area contributed by atoms with E-state index in [0.29, 0.717) is 28.2 Å². The van der Waals surface area contributed by atoms with E-state index in [0.717, 1.165) is 6.92 Å². The summed E-state index contributed by atoms with van der Waals surface area (Å²) >= 11 is 0. The summed E-state index contributed by atoms with van der Waals surface area (Å²) in [6, 6.07) is 13.3. The molecule has 0 aliphatic heterocycles. The Labute approximate surface area is 153 Å². The molecule has 138 valence electrons. The lowest BCUT2D eigenvalue weighted by molar-refractivity contribution is 0.0175. The number of halogens is 2. The highest BCUT2D eigenvalue weighted by atomic mass is 19.3. The van der Waals surface area contributed by atoms with E-state index in [1.54, 1.807) is 35.7 Å². The van der Waals surface area contributed by atoms with Crippen molar-refractivity contribution in [1.82, 2.24) is 19.2 Å². The van der Waals surface area contributed by atoms with Gasteiger partial charge in [-0.3, -0.25) is 13.8 Å². The van der Waals surface area contributed by atoms with Crippen LogP contribution >= 0.6 is 0 Å². The molecule has 4 aromatic rings. The Bertz CT molecular complexity index is 1210. The molecule has 0 atom stereocenters. The minimum atomic E-state index is -2.91. The number of hydrogen-bond donors (Lipinski definition) is 1. The van der Waals surface area contributed by atoms with Crippen molar-refractivity contribution in [2.45, 2.75) is 19.4 Å². The first-order valence-corrected chi connectivity index (χ1v) is 8.40. The molecule has 2 heterocycles. The Morgan fingerprint density at radius 2 is 1.89 bits per heavy atom. The van der Waals surface area contributed by atoms with Gasteiger partial charge in [0, 0.05) is 25.2 Å². The molecule has 1 N–H and O–H groups in total. The van der Waals surface area contributed by atoms with E-state index in [1.807, 2.05) is 12.1 Å². The molecule has 0 radical (unpaired) electrons. The summed E-state index contributed by atoms with van der Waals surface area (Å²) < 4.78 is 30.3. The van der Waals surface area contributed by atoms with Crippen LogP contribution in [0.3, 0.4) is 0 Å². The van der Waals surface area contributed by atoms with Crippen LogP contribution in [-0.4, -0.2) is 19.2 Å². The smallest absolute Gasteiger partial charge is 0.270 e. The predicted molar refractivity (Wildman–Crippen MR) is 99.1 cm³/mol. The van der Waals surface area contributed by atoms with Gasteiger partial charge in [-0.1, -0.05) is 24.3 Å². The van der Waals surface area contributed by atoms with Gasteiger partial charge < -0.3 is 5.32 Å². The number of nitrogens with zero attached hydrogens (tertiary/aromatic N) is 4. The molecule has 0 aliphatic carbocycles. The zero-order valence-corrected chi connectivity index (χ0v) is 14.8. The molecule has 0 fully saturated rings. The second-order valence-corrected chi connectivity index (χ2v) is 6.46. The van der Waals surface area contributed by atoms with Crippen LogP contribution in [0.25, 0.3) is 16.7 Å². The van der Waals surface area contributed by atoms with E-state index in [9.17, 15) is 13.6 Å². The van der Waals surface area contributed by atoms with Crippen LogP contribution in [0.4, 0.5) is 14.5 Å². The second-order valence-electron chi connectivity index (χ2n) is 6.46. The van der Waals surface area contributed by atoms with Crippen LogP contribution in [0, 0.1) is 0 Å². The number of benzene rings is 2. The van der Waals surface area contributed by atoms with Gasteiger partial charge in [0.15, 0.2) is 5.82 Å². The van der Waals surface area contributed by atoms with Gasteiger partial charge in [-0.15, -0.1) is 10.2 Å². The number of aryl methyl sites for hydroxylation is 1. The summed E-state index contributed by atoms with van der Waals surface area (Å²) in [6.07, 6.45) is 0. The lowest BCUT2D eigenvalue weighted by atomic mass is 10.1. The molecule has 0 aliphatic rings. The average molecular weight is 369 g/mol. The number of anilines is 1. The maximum atomic E-state index is 13.5. The number of aromatic nitrogens is 4. The third-order valence-electron chi connectivity index (χ3n) is 4.51. The normalized spacial score (nSPS) is 12.0. The topological polar surface area (TPSA) is 64.2 Å². The fraction of sp³-hybridized carbons (Fsp3) is 0.211. The fourth-order valence-corrected chi connectivity index (χ4v) is 3.09. The molecule has 0 saturated heterocycles. The number of hydrogen-bond acceptors (Lipinski definition) is 4. The van der Waals surface area contributed by atoms with Gasteiger partial charge in [0.05, 0.1) is 17.4 Å². The van der Waals surface area contributed by atoms with Crippen LogP contribution < -0.4 is 10.9 Å². The molecule has 4 rings (SSSR count). The Kier molecular flexibility index (Phi) is 3.91. The highest BCUT2D eigenvalue weighted by molar-refractivity contribution is 5.80. The quantitative estimate of drug-likeness (QED) is 0.599. The van der Waals surface area contributed by atoms with Crippen molar-refractivity contribution < 1.29 is 8.78 Å². The lowest BCUT2D eigenvalue weighted by Crippen LogP contribution is -2.20. The molecule has 8 heteroatoms. The number of para-hydroxylation sites is 1. The van der Waals surface area contributed by atoms with Crippen molar-refractivity contribution in [2.24, 2.45) is 7.05 Å². The third-order valence-corrected chi connectivity index (χ3v) is 4.51. The summed E-state index contributed by atoms with van der Waals surface area (Å²) in [5, 5.41) is 12.0. The van der Waals surface area contributed by atoms with Crippen molar-refractivity contribution >= 4 is 22.4 Å². The van der Waals surface area contributed by atoms with E-state index >= 15 is 0 Å². The third kappa shape index (κ3) is 2.92. The van der Waals surface area contributed by atoms with E-state index in [1.165, 1.54) is 16.7 Å². The molecule has 0 bridgehead atoms. The Hall–Kier alpha value is -3.29. The molecule has 0 unspecified atom stereocenters. The van der Waals surface area contributed by atoms with Crippen LogP contribution in [-0.2, 0) is 19.5 Å². The predicted octanol–water partition coefficient (Wildman–Crippen LogP) is 3.31. The highest BCUT2D eigenvalue weighted by Gasteiger charge is 2.24. The lowest BCUT2D eigenvalue weighted by Gasteiger charge is -2.13. The molecule has 27 heavy (non-hydrogen) atoms. The van der Waals surface area contributed by atoms with Gasteiger partial charge in [-0.25, -0.2) is 8.78 Å². The number of alkyl halides is 2. The van der Waals surface area contributed by atoms with Crippen molar-refractivity contribution in [3.8, 4) is 0 Å². The summed E-state index contributed by atoms with van der Waals surface area (Å²) in [7, 11) is 1.64. The largest absolute Gasteiger partial charge is 0.378 e. The molecular formula is C19H17F2N5O. The first-order valence-electron chi connectivity index (χ1n) is 8.40. The van der Waals surface area contributed by atoms with Gasteiger partial charge in [0.25, 0.3) is 11.5 Å². The molecule has 0 spiro atoms. The standard InChI is InChI=1S/C19H17F2N5O/c1-19(20,21)12-6-5-7-13(10-12)22-11-16-23-24-18-25(2)17(27)14-8-3-4-9-15(14)26(16)18/h3-10,22H,11H2,1-2H3. The van der Waals surface area contributed by atoms with Crippen molar-refractivity contribution in [3.05, 3.63) is 70.3 Å². The average Bonchev–Trinajstić information content (AvgIpc) is 3.08. The Morgan fingerprint density at radius 1 is 1.11 bits per heavy atom. The van der Waals surface area contributed by atoms with Crippen molar-refractivity contribution in [1.29, 1.82) is 0 Å². The molecule has 2 aromatic carbocycles. The Morgan fingerprint density at radius 3 is 2.67 bits per heavy atom. The first kappa shape index (κ1) is 17.1. The monoisotopic (exact) mass is 369 g/mol. The number of nitrogens with one attached hydrogen (secondary N) is 1. The molecule has 0 amide bonds. The zero-order valence-electron chi connectivity index (χ0n) is 14.8. The number of rotatable bonds is 4. The first-order chi connectivity index (χ1) is 12.9. The maximum Gasteiger partial charge on any atom is 0.270 e. The second kappa shape index (κ2) is 6.15. The van der Waals surface area contributed by atoms with Gasteiger partial charge in [0.1, 0.15) is 0 Å². The summed E-state index contributed by atoms with van der Waals surface area (Å²) in [5.41, 5.74) is 1.04. The molecule has 0 saturated carbocycles. The van der Waals surface area contributed by atoms with Gasteiger partial charge in [0.2, 0.25) is 5.78 Å². The summed E-state index contributed by atoms with van der Waals surface area (Å²) in [6.45, 7) is 1.13. The van der Waals surface area contributed by atoms with Gasteiger partial charge in [-0.2, -0.15) is 0 Å². The number of fused-ring (bicyclic) bond motifs is 3. The van der Waals surface area contributed by atoms with Gasteiger partial charge in [-0.05, 0) is 24.3 Å². The maximum absolute atomic E-state index is 13.5.